The molecule has 8 heteroatoms. The molecule has 1 aliphatic rings. The van der Waals surface area contributed by atoms with E-state index in [9.17, 15) is 14.7 Å². The highest BCUT2D eigenvalue weighted by atomic mass is 127. The largest absolute Gasteiger partial charge is 0.482 e. The molecule has 0 radical (unpaired) electrons. The molecule has 2 aromatic rings. The molecule has 0 saturated carbocycles. The summed E-state index contributed by atoms with van der Waals surface area (Å²) >= 11 is 2.15. The molecule has 35 heavy (non-hydrogen) atoms. The van der Waals surface area contributed by atoms with Crippen molar-refractivity contribution >= 4 is 34.4 Å². The van der Waals surface area contributed by atoms with E-state index < -0.39 is 18.2 Å². The van der Waals surface area contributed by atoms with Gasteiger partial charge in [0.2, 0.25) is 11.8 Å². The second-order valence-electron chi connectivity index (χ2n) is 8.62. The quantitative estimate of drug-likeness (QED) is 0.308. The molecular formula is C27H31IN2O5. The fourth-order valence-electron chi connectivity index (χ4n) is 3.94. The Labute approximate surface area is 219 Å². The molecule has 0 bridgehead atoms. The minimum absolute atomic E-state index is 0.107. The Kier molecular flexibility index (Phi) is 9.88. The molecule has 0 saturated heterocycles. The van der Waals surface area contributed by atoms with Gasteiger partial charge in [-0.25, -0.2) is 0 Å². The van der Waals surface area contributed by atoms with Crippen LogP contribution in [0.1, 0.15) is 25.8 Å². The van der Waals surface area contributed by atoms with Gasteiger partial charge < -0.3 is 25.2 Å². The van der Waals surface area contributed by atoms with Crippen molar-refractivity contribution in [2.45, 2.75) is 45.1 Å². The molecule has 3 atom stereocenters. The summed E-state index contributed by atoms with van der Waals surface area (Å²) in [6.45, 7) is 3.87. The molecule has 3 rings (SSSR count). The fourth-order valence-corrected chi connectivity index (χ4v) is 4.45. The highest BCUT2D eigenvalue weighted by molar-refractivity contribution is 14.1. The van der Waals surface area contributed by atoms with Gasteiger partial charge >= 0.3 is 0 Å². The van der Waals surface area contributed by atoms with Gasteiger partial charge in [-0.2, -0.15) is 0 Å². The predicted octanol–water partition coefficient (Wildman–Crippen LogP) is 3.20. The first-order valence-electron chi connectivity index (χ1n) is 11.5. The van der Waals surface area contributed by atoms with Crippen molar-refractivity contribution in [2.24, 2.45) is 0 Å². The van der Waals surface area contributed by atoms with Crippen LogP contribution in [0.2, 0.25) is 0 Å². The van der Waals surface area contributed by atoms with Crippen LogP contribution in [-0.2, 0) is 16.1 Å². The van der Waals surface area contributed by atoms with Gasteiger partial charge in [0.15, 0.2) is 0 Å². The number of amides is 2. The van der Waals surface area contributed by atoms with Crippen LogP contribution in [0.4, 0.5) is 0 Å². The number of nitrogens with one attached hydrogen (secondary N) is 1. The molecule has 186 valence electrons. The van der Waals surface area contributed by atoms with Crippen LogP contribution in [0.5, 0.6) is 5.75 Å². The van der Waals surface area contributed by atoms with Gasteiger partial charge in [-0.05, 0) is 60.2 Å². The predicted molar refractivity (Wildman–Crippen MR) is 143 cm³/mol. The number of hydrogen-bond acceptors (Lipinski definition) is 5. The normalized spacial score (nSPS) is 19.3. The van der Waals surface area contributed by atoms with E-state index in [4.69, 9.17) is 9.84 Å². The molecule has 1 aliphatic carbocycles. The topological polar surface area (TPSA) is 99.1 Å². The first-order valence-corrected chi connectivity index (χ1v) is 12.6. The maximum atomic E-state index is 13.3. The lowest BCUT2D eigenvalue weighted by atomic mass is 9.87. The Morgan fingerprint density at radius 1 is 1.14 bits per heavy atom. The van der Waals surface area contributed by atoms with Crippen LogP contribution >= 0.6 is 22.6 Å². The minimum Gasteiger partial charge on any atom is -0.482 e. The van der Waals surface area contributed by atoms with Crippen molar-refractivity contribution in [3.05, 3.63) is 87.0 Å². The number of rotatable bonds is 9. The number of para-hydroxylation sites is 1. The third-order valence-corrected chi connectivity index (χ3v) is 6.50. The van der Waals surface area contributed by atoms with E-state index in [2.05, 4.69) is 27.9 Å². The Hall–Kier alpha value is -2.69. The van der Waals surface area contributed by atoms with Crippen molar-refractivity contribution in [2.75, 3.05) is 13.2 Å². The number of ether oxygens (including phenoxy) is 1. The SMILES string of the molecule is CC(C)=CC(=O)N(Cc1ccccc1)[C@@H]1CC(C(=O)NCCO)=C[C@H](Oc2ccccc2I)[C@H]1O. The van der Waals surface area contributed by atoms with E-state index in [0.717, 1.165) is 14.7 Å². The summed E-state index contributed by atoms with van der Waals surface area (Å²) < 4.78 is 7.02. The molecule has 0 unspecified atom stereocenters. The van der Waals surface area contributed by atoms with Gasteiger partial charge in [-0.1, -0.05) is 48.0 Å². The highest BCUT2D eigenvalue weighted by Gasteiger charge is 2.40. The lowest BCUT2D eigenvalue weighted by molar-refractivity contribution is -0.134. The van der Waals surface area contributed by atoms with Gasteiger partial charge in [0, 0.05) is 31.2 Å². The first-order chi connectivity index (χ1) is 16.8. The Morgan fingerprint density at radius 3 is 2.49 bits per heavy atom. The van der Waals surface area contributed by atoms with Crippen LogP contribution < -0.4 is 10.1 Å². The number of carbonyl (C=O) groups is 2. The summed E-state index contributed by atoms with van der Waals surface area (Å²) in [5, 5.41) is 23.2. The average Bonchev–Trinajstić information content (AvgIpc) is 2.84. The van der Waals surface area contributed by atoms with E-state index in [1.54, 1.807) is 17.0 Å². The molecular weight excluding hydrogens is 559 g/mol. The lowest BCUT2D eigenvalue weighted by Crippen LogP contribution is -2.54. The third kappa shape index (κ3) is 7.39. The first kappa shape index (κ1) is 26.9. The average molecular weight is 590 g/mol. The Morgan fingerprint density at radius 2 is 1.83 bits per heavy atom. The minimum atomic E-state index is -1.07. The second-order valence-corrected chi connectivity index (χ2v) is 9.78. The summed E-state index contributed by atoms with van der Waals surface area (Å²) in [5.74, 6) is -0.0287. The van der Waals surface area contributed by atoms with Crippen LogP contribution in [-0.4, -0.2) is 58.3 Å². The van der Waals surface area contributed by atoms with E-state index in [0.29, 0.717) is 11.3 Å². The summed E-state index contributed by atoms with van der Waals surface area (Å²) in [5.41, 5.74) is 2.14. The van der Waals surface area contributed by atoms with Gasteiger partial charge in [0.1, 0.15) is 18.0 Å². The molecule has 7 nitrogen and oxygen atoms in total. The molecule has 2 aromatic carbocycles. The lowest BCUT2D eigenvalue weighted by Gasteiger charge is -2.40. The number of nitrogens with zero attached hydrogens (tertiary/aromatic N) is 1. The van der Waals surface area contributed by atoms with Crippen LogP contribution in [0.15, 0.2) is 77.9 Å². The zero-order chi connectivity index (χ0) is 25.4. The molecule has 2 amide bonds. The van der Waals surface area contributed by atoms with Crippen LogP contribution in [0.3, 0.4) is 0 Å². The summed E-state index contributed by atoms with van der Waals surface area (Å²) in [7, 11) is 0. The molecule has 0 spiro atoms. The number of aliphatic hydroxyl groups excluding tert-OH is 2. The van der Waals surface area contributed by atoms with Gasteiger partial charge in [0.25, 0.3) is 0 Å². The third-order valence-electron chi connectivity index (χ3n) is 5.61. The number of benzene rings is 2. The molecule has 3 N–H and O–H groups in total. The number of allylic oxidation sites excluding steroid dienone is 1. The van der Waals surface area contributed by atoms with Crippen molar-refractivity contribution in [1.29, 1.82) is 0 Å². The van der Waals surface area contributed by atoms with Gasteiger partial charge in [0.05, 0.1) is 16.2 Å². The van der Waals surface area contributed by atoms with Crippen molar-refractivity contribution in [3.63, 3.8) is 0 Å². The van der Waals surface area contributed by atoms with Gasteiger partial charge in [-0.3, -0.25) is 9.59 Å². The maximum Gasteiger partial charge on any atom is 0.247 e. The van der Waals surface area contributed by atoms with Crippen molar-refractivity contribution in [1.82, 2.24) is 10.2 Å². The second kappa shape index (κ2) is 12.9. The van der Waals surface area contributed by atoms with Gasteiger partial charge in [-0.15, -0.1) is 0 Å². The number of hydrogen-bond donors (Lipinski definition) is 3. The van der Waals surface area contributed by atoms with Crippen LogP contribution in [0, 0.1) is 3.57 Å². The van der Waals surface area contributed by atoms with E-state index >= 15 is 0 Å². The zero-order valence-electron chi connectivity index (χ0n) is 19.9. The van der Waals surface area contributed by atoms with E-state index in [-0.39, 0.29) is 37.9 Å². The van der Waals surface area contributed by atoms with E-state index in [1.165, 1.54) is 6.08 Å². The van der Waals surface area contributed by atoms with E-state index in [1.807, 2.05) is 62.4 Å². The smallest absolute Gasteiger partial charge is 0.247 e. The number of halogens is 1. The monoisotopic (exact) mass is 590 g/mol. The molecule has 0 fully saturated rings. The number of carbonyl (C=O) groups excluding carboxylic acids is 2. The maximum absolute atomic E-state index is 13.3. The Bertz CT molecular complexity index is 1080. The molecule has 0 aliphatic heterocycles. The fraction of sp³-hybridized carbons (Fsp3) is 0.333. The number of aliphatic hydroxyl groups is 2. The van der Waals surface area contributed by atoms with Crippen molar-refractivity contribution < 1.29 is 24.5 Å². The highest BCUT2D eigenvalue weighted by Crippen LogP contribution is 2.30. The molecule has 0 heterocycles. The molecule has 0 aromatic heterocycles. The standard InChI is InChI=1S/C27H31IN2O5/c1-18(2)14-25(32)30(17-19-8-4-3-5-9-19)22-15-20(27(34)29-12-13-31)16-24(26(22)33)35-23-11-7-6-10-21(23)28/h3-11,14,16,22,24,26,31,33H,12-13,15,17H2,1-2H3,(H,29,34)/t22-,24+,26+/m1/s1. The summed E-state index contributed by atoms with van der Waals surface area (Å²) in [4.78, 5) is 27.8. The van der Waals surface area contributed by atoms with Crippen LogP contribution in [0.25, 0.3) is 0 Å². The van der Waals surface area contributed by atoms with Crippen molar-refractivity contribution in [3.8, 4) is 5.75 Å². The Balaban J connectivity index is 1.99. The zero-order valence-corrected chi connectivity index (χ0v) is 22.0. The summed E-state index contributed by atoms with van der Waals surface area (Å²) in [6.07, 6.45) is 1.38. The summed E-state index contributed by atoms with van der Waals surface area (Å²) in [6, 6.07) is 16.2.